The molecule has 0 radical (unpaired) electrons. The van der Waals surface area contributed by atoms with E-state index >= 15 is 0 Å². The number of benzene rings is 3. The van der Waals surface area contributed by atoms with Crippen LogP contribution in [0.4, 0.5) is 17.6 Å². The summed E-state index contributed by atoms with van der Waals surface area (Å²) in [5.74, 6) is -0.537. The normalized spacial score (nSPS) is 13.0. The average Bonchev–Trinajstić information content (AvgIpc) is 3.23. The van der Waals surface area contributed by atoms with Crippen molar-refractivity contribution in [2.24, 2.45) is 0 Å². The van der Waals surface area contributed by atoms with Crippen molar-refractivity contribution >= 4 is 38.2 Å². The molecule has 6 nitrogen and oxygen atoms in total. The first-order valence-corrected chi connectivity index (χ1v) is 14.3. The van der Waals surface area contributed by atoms with Gasteiger partial charge in [-0.3, -0.25) is 4.79 Å². The number of alkyl halides is 4. The Morgan fingerprint density at radius 1 is 1.05 bits per heavy atom. The van der Waals surface area contributed by atoms with Gasteiger partial charge in [0.05, 0.1) is 29.7 Å². The molecule has 1 aromatic heterocycles. The van der Waals surface area contributed by atoms with E-state index in [1.165, 1.54) is 48.5 Å². The topological polar surface area (TPSA) is 88.4 Å². The number of hydrogen-bond donors (Lipinski definition) is 2. The van der Waals surface area contributed by atoms with Crippen LogP contribution in [0.5, 0.6) is 0 Å². The van der Waals surface area contributed by atoms with Gasteiger partial charge in [0.1, 0.15) is 6.67 Å². The van der Waals surface area contributed by atoms with Gasteiger partial charge in [0.15, 0.2) is 9.84 Å². The highest BCUT2D eigenvalue weighted by molar-refractivity contribution is 7.90. The van der Waals surface area contributed by atoms with Crippen molar-refractivity contribution in [3.8, 4) is 0 Å². The Morgan fingerprint density at radius 2 is 1.75 bits per heavy atom. The number of carbonyl (C=O) groups is 1. The lowest BCUT2D eigenvalue weighted by Gasteiger charge is -2.17. The number of aryl methyl sites for hydroxylation is 1. The van der Waals surface area contributed by atoms with Crippen molar-refractivity contribution in [2.45, 2.75) is 30.1 Å². The van der Waals surface area contributed by atoms with Crippen LogP contribution in [0.2, 0.25) is 5.02 Å². The highest BCUT2D eigenvalue weighted by atomic mass is 35.5. The Bertz CT molecular complexity index is 1650. The van der Waals surface area contributed by atoms with Crippen LogP contribution in [-0.4, -0.2) is 43.5 Å². The molecule has 1 heterocycles. The number of aliphatic hydroxyl groups excluding tert-OH is 1. The standard InChI is InChI=1S/C28H25ClF4N2O4S/c1-40(38,39)23-7-3-17(4-8-23)25(16-36)34-27(37)19-5-9-26-20(12-19)14-22(35(26)11-10-30)13-18-2-6-21(29)15-24(18)28(31,32)33/h2-9,12,14-15,25,36H,10-11,13,16H2,1H3,(H,34,37)/t25-/m0/s1. The first-order chi connectivity index (χ1) is 18.8. The fraction of sp³-hybridized carbons (Fsp3) is 0.250. The first kappa shape index (κ1) is 29.6. The molecule has 2 N–H and O–H groups in total. The summed E-state index contributed by atoms with van der Waals surface area (Å²) in [5, 5.41) is 13.0. The van der Waals surface area contributed by atoms with Gasteiger partial charge >= 0.3 is 6.18 Å². The van der Waals surface area contributed by atoms with Gasteiger partial charge in [-0.05, 0) is 59.7 Å². The average molecular weight is 597 g/mol. The van der Waals surface area contributed by atoms with Crippen molar-refractivity contribution in [1.82, 2.24) is 9.88 Å². The third-order valence-corrected chi connectivity index (χ3v) is 7.87. The summed E-state index contributed by atoms with van der Waals surface area (Å²) in [5.41, 5.74) is 0.774. The molecule has 0 unspecified atom stereocenters. The molecule has 0 saturated heterocycles. The lowest BCUT2D eigenvalue weighted by Crippen LogP contribution is -2.30. The predicted octanol–water partition coefficient (Wildman–Crippen LogP) is 5.74. The van der Waals surface area contributed by atoms with Crippen LogP contribution in [0.25, 0.3) is 10.9 Å². The molecule has 0 aliphatic carbocycles. The second kappa shape index (κ2) is 11.6. The van der Waals surface area contributed by atoms with Crippen LogP contribution in [-0.2, 0) is 29.0 Å². The number of fused-ring (bicyclic) bond motifs is 1. The van der Waals surface area contributed by atoms with Crippen LogP contribution in [0.15, 0.2) is 71.6 Å². The Balaban J connectivity index is 1.63. The van der Waals surface area contributed by atoms with Crippen LogP contribution in [0, 0.1) is 0 Å². The molecule has 1 atom stereocenters. The van der Waals surface area contributed by atoms with Crippen molar-refractivity contribution in [3.05, 3.63) is 99.7 Å². The second-order valence-corrected chi connectivity index (χ2v) is 11.7. The molecule has 4 rings (SSSR count). The van der Waals surface area contributed by atoms with Gasteiger partial charge in [0.25, 0.3) is 5.91 Å². The van der Waals surface area contributed by atoms with E-state index < -0.39 is 46.8 Å². The SMILES string of the molecule is CS(=O)(=O)c1ccc([C@H](CO)NC(=O)c2ccc3c(c2)cc(Cc2ccc(Cl)cc2C(F)(F)F)n3CCF)cc1. The summed E-state index contributed by atoms with van der Waals surface area (Å²) in [7, 11) is -3.41. The Kier molecular flexibility index (Phi) is 8.57. The van der Waals surface area contributed by atoms with Crippen LogP contribution < -0.4 is 5.32 Å². The monoisotopic (exact) mass is 596 g/mol. The van der Waals surface area contributed by atoms with E-state index in [9.17, 15) is 35.9 Å². The minimum Gasteiger partial charge on any atom is -0.394 e. The number of nitrogens with zero attached hydrogens (tertiary/aromatic N) is 1. The number of aliphatic hydroxyl groups is 1. The molecule has 40 heavy (non-hydrogen) atoms. The maximum atomic E-state index is 13.6. The predicted molar refractivity (Wildman–Crippen MR) is 144 cm³/mol. The molecule has 0 aliphatic heterocycles. The number of amides is 1. The van der Waals surface area contributed by atoms with E-state index in [1.807, 2.05) is 0 Å². The summed E-state index contributed by atoms with van der Waals surface area (Å²) in [4.78, 5) is 13.1. The van der Waals surface area contributed by atoms with E-state index in [4.69, 9.17) is 11.6 Å². The molecule has 1 amide bonds. The maximum Gasteiger partial charge on any atom is 0.416 e. The zero-order valence-corrected chi connectivity index (χ0v) is 22.7. The third-order valence-electron chi connectivity index (χ3n) is 6.50. The molecule has 3 aromatic carbocycles. The zero-order valence-electron chi connectivity index (χ0n) is 21.2. The Hall–Kier alpha value is -3.41. The van der Waals surface area contributed by atoms with Gasteiger partial charge in [-0.2, -0.15) is 13.2 Å². The smallest absolute Gasteiger partial charge is 0.394 e. The minimum absolute atomic E-state index is 0.0227. The van der Waals surface area contributed by atoms with Gasteiger partial charge in [0.2, 0.25) is 0 Å². The molecule has 0 fully saturated rings. The van der Waals surface area contributed by atoms with E-state index in [2.05, 4.69) is 5.32 Å². The van der Waals surface area contributed by atoms with Crippen molar-refractivity contribution in [2.75, 3.05) is 19.5 Å². The molecule has 0 aliphatic rings. The lowest BCUT2D eigenvalue weighted by molar-refractivity contribution is -0.138. The highest BCUT2D eigenvalue weighted by Crippen LogP contribution is 2.35. The number of sulfone groups is 1. The van der Waals surface area contributed by atoms with Gasteiger partial charge in [-0.15, -0.1) is 0 Å². The quantitative estimate of drug-likeness (QED) is 0.241. The molecular formula is C28H25ClF4N2O4S. The molecular weight excluding hydrogens is 572 g/mol. The maximum absolute atomic E-state index is 13.6. The van der Waals surface area contributed by atoms with Gasteiger partial charge < -0.3 is 15.0 Å². The number of hydrogen-bond acceptors (Lipinski definition) is 4. The van der Waals surface area contributed by atoms with Crippen LogP contribution in [0.3, 0.4) is 0 Å². The number of rotatable bonds is 9. The highest BCUT2D eigenvalue weighted by Gasteiger charge is 2.33. The minimum atomic E-state index is -4.63. The summed E-state index contributed by atoms with van der Waals surface area (Å²) in [6.45, 7) is -1.29. The summed E-state index contributed by atoms with van der Waals surface area (Å²) in [6, 6.07) is 14.7. The Morgan fingerprint density at radius 3 is 2.35 bits per heavy atom. The zero-order chi connectivity index (χ0) is 29.2. The molecule has 12 heteroatoms. The van der Waals surface area contributed by atoms with Crippen molar-refractivity contribution < 1.29 is 35.9 Å². The van der Waals surface area contributed by atoms with Crippen LogP contribution >= 0.6 is 11.6 Å². The largest absolute Gasteiger partial charge is 0.416 e. The fourth-order valence-corrected chi connectivity index (χ4v) is 5.35. The summed E-state index contributed by atoms with van der Waals surface area (Å²) < 4.78 is 79.3. The lowest BCUT2D eigenvalue weighted by atomic mass is 10.0. The molecule has 0 saturated carbocycles. The first-order valence-electron chi connectivity index (χ1n) is 12.1. The molecule has 4 aromatic rings. The van der Waals surface area contributed by atoms with E-state index in [-0.39, 0.29) is 34.0 Å². The molecule has 0 bridgehead atoms. The fourth-order valence-electron chi connectivity index (χ4n) is 4.55. The Labute approximate surface area is 233 Å². The number of carbonyl (C=O) groups excluding carboxylic acids is 1. The molecule has 212 valence electrons. The van der Waals surface area contributed by atoms with Gasteiger partial charge in [-0.1, -0.05) is 29.8 Å². The third kappa shape index (κ3) is 6.48. The molecule has 0 spiro atoms. The number of halogens is 5. The number of aromatic nitrogens is 1. The summed E-state index contributed by atoms with van der Waals surface area (Å²) in [6.07, 6.45) is -3.70. The van der Waals surface area contributed by atoms with Crippen molar-refractivity contribution in [3.63, 3.8) is 0 Å². The van der Waals surface area contributed by atoms with Gasteiger partial charge in [0, 0.05) is 39.9 Å². The van der Waals surface area contributed by atoms with E-state index in [1.54, 1.807) is 16.7 Å². The summed E-state index contributed by atoms with van der Waals surface area (Å²) >= 11 is 5.80. The van der Waals surface area contributed by atoms with E-state index in [0.29, 0.717) is 22.2 Å². The van der Waals surface area contributed by atoms with E-state index in [0.717, 1.165) is 12.3 Å². The number of nitrogens with one attached hydrogen (secondary N) is 1. The van der Waals surface area contributed by atoms with Crippen LogP contribution in [0.1, 0.15) is 38.8 Å². The van der Waals surface area contributed by atoms with Crippen molar-refractivity contribution in [1.29, 1.82) is 0 Å². The van der Waals surface area contributed by atoms with Gasteiger partial charge in [-0.25, -0.2) is 12.8 Å². The second-order valence-electron chi connectivity index (χ2n) is 9.28.